The van der Waals surface area contributed by atoms with E-state index in [2.05, 4.69) is 57.3 Å². The van der Waals surface area contributed by atoms with Gasteiger partial charge in [-0.05, 0) is 26.6 Å². The number of likely N-dealkylation sites (N-methyl/N-ethyl adjacent to an activating group) is 2. The third-order valence-electron chi connectivity index (χ3n) is 4.63. The summed E-state index contributed by atoms with van der Waals surface area (Å²) < 4.78 is 0. The summed E-state index contributed by atoms with van der Waals surface area (Å²) in [5.74, 6) is 0. The van der Waals surface area contributed by atoms with Crippen LogP contribution in [0.15, 0.2) is 0 Å². The number of nitrogens with two attached hydrogens (primary N) is 1. The lowest BCUT2D eigenvalue weighted by molar-refractivity contribution is 0.272. The van der Waals surface area contributed by atoms with Crippen LogP contribution in [-0.4, -0.2) is 122 Å². The van der Waals surface area contributed by atoms with Gasteiger partial charge in [0.05, 0.1) is 0 Å². The van der Waals surface area contributed by atoms with E-state index in [1.165, 1.54) is 6.42 Å². The van der Waals surface area contributed by atoms with E-state index in [1.54, 1.807) is 0 Å². The van der Waals surface area contributed by atoms with Crippen molar-refractivity contribution < 1.29 is 0 Å². The summed E-state index contributed by atoms with van der Waals surface area (Å²) in [4.78, 5) is 4.89. The van der Waals surface area contributed by atoms with E-state index in [0.717, 1.165) is 98.2 Å². The molecule has 0 bridgehead atoms. The average Bonchev–Trinajstić information content (AvgIpc) is 2.70. The molecular weight excluding hydrogens is 352 g/mol. The molecule has 0 rings (SSSR count). The first kappa shape index (κ1) is 27.7. The molecule has 0 saturated heterocycles. The van der Waals surface area contributed by atoms with Gasteiger partial charge in [0.1, 0.15) is 0 Å². The zero-order valence-electron chi connectivity index (χ0n) is 19.0. The molecule has 170 valence electrons. The fourth-order valence-electron chi connectivity index (χ4n) is 2.83. The molecule has 28 heavy (non-hydrogen) atoms. The van der Waals surface area contributed by atoms with Crippen molar-refractivity contribution in [1.29, 1.82) is 0 Å². The maximum absolute atomic E-state index is 5.47. The van der Waals surface area contributed by atoms with E-state index in [1.807, 2.05) is 0 Å². The summed E-state index contributed by atoms with van der Waals surface area (Å²) in [7, 11) is 2.17. The van der Waals surface area contributed by atoms with Gasteiger partial charge >= 0.3 is 0 Å². The van der Waals surface area contributed by atoms with Crippen molar-refractivity contribution in [1.82, 2.24) is 36.4 Å². The molecule has 0 unspecified atom stereocenters. The molecule has 0 aliphatic rings. The van der Waals surface area contributed by atoms with Crippen LogP contribution in [0.4, 0.5) is 0 Å². The largest absolute Gasteiger partial charge is 0.329 e. The minimum absolute atomic E-state index is 0.710. The predicted octanol–water partition coefficient (Wildman–Crippen LogP) is -1.44. The number of nitrogens with zero attached hydrogens (tertiary/aromatic N) is 2. The standard InChI is InChI=1S/C20H50N8/c1-4-7-23-14-19-28(18-13-22-5-2)20-15-26-10-9-25-12-17-27(3)16-11-24-8-6-21/h22-26H,4-21H2,1-3H3. The monoisotopic (exact) mass is 402 g/mol. The minimum atomic E-state index is 0.710. The Labute approximate surface area is 174 Å². The summed E-state index contributed by atoms with van der Waals surface area (Å²) in [5.41, 5.74) is 5.47. The first-order valence-corrected chi connectivity index (χ1v) is 11.4. The molecule has 0 spiro atoms. The van der Waals surface area contributed by atoms with Crippen molar-refractivity contribution in [2.75, 3.05) is 112 Å². The van der Waals surface area contributed by atoms with Gasteiger partial charge in [-0.1, -0.05) is 13.8 Å². The minimum Gasteiger partial charge on any atom is -0.329 e. The fourth-order valence-corrected chi connectivity index (χ4v) is 2.83. The van der Waals surface area contributed by atoms with E-state index in [0.29, 0.717) is 6.54 Å². The van der Waals surface area contributed by atoms with Crippen molar-refractivity contribution in [3.05, 3.63) is 0 Å². The summed E-state index contributed by atoms with van der Waals surface area (Å²) in [6.45, 7) is 20.9. The zero-order chi connectivity index (χ0) is 20.7. The normalized spacial score (nSPS) is 11.8. The Morgan fingerprint density at radius 1 is 0.571 bits per heavy atom. The van der Waals surface area contributed by atoms with Crippen LogP contribution in [0.1, 0.15) is 20.3 Å². The van der Waals surface area contributed by atoms with E-state index in [4.69, 9.17) is 5.73 Å². The smallest absolute Gasteiger partial charge is 0.0108 e. The summed E-state index contributed by atoms with van der Waals surface area (Å²) in [6.07, 6.45) is 1.20. The van der Waals surface area contributed by atoms with Gasteiger partial charge in [0, 0.05) is 91.6 Å². The average molecular weight is 403 g/mol. The van der Waals surface area contributed by atoms with Gasteiger partial charge in [-0.25, -0.2) is 0 Å². The highest BCUT2D eigenvalue weighted by molar-refractivity contribution is 4.64. The summed E-state index contributed by atoms with van der Waals surface area (Å²) in [5, 5.41) is 17.3. The van der Waals surface area contributed by atoms with Gasteiger partial charge in [0.25, 0.3) is 0 Å². The summed E-state index contributed by atoms with van der Waals surface area (Å²) >= 11 is 0. The highest BCUT2D eigenvalue weighted by Gasteiger charge is 2.04. The zero-order valence-corrected chi connectivity index (χ0v) is 19.0. The highest BCUT2D eigenvalue weighted by atomic mass is 15.2. The molecule has 0 aliphatic heterocycles. The Morgan fingerprint density at radius 2 is 1.04 bits per heavy atom. The maximum Gasteiger partial charge on any atom is 0.0108 e. The van der Waals surface area contributed by atoms with Gasteiger partial charge in [-0.2, -0.15) is 0 Å². The van der Waals surface area contributed by atoms with Crippen molar-refractivity contribution in [2.45, 2.75) is 20.3 Å². The molecule has 0 radical (unpaired) electrons. The maximum atomic E-state index is 5.47. The van der Waals surface area contributed by atoms with Gasteiger partial charge < -0.3 is 37.2 Å². The van der Waals surface area contributed by atoms with Gasteiger partial charge in [-0.3, -0.25) is 4.90 Å². The molecule has 0 aromatic carbocycles. The Bertz CT molecular complexity index is 293. The molecular formula is C20H50N8. The van der Waals surface area contributed by atoms with Crippen LogP contribution in [0.2, 0.25) is 0 Å². The van der Waals surface area contributed by atoms with Crippen molar-refractivity contribution in [2.24, 2.45) is 5.73 Å². The van der Waals surface area contributed by atoms with Gasteiger partial charge in [0.15, 0.2) is 0 Å². The van der Waals surface area contributed by atoms with Gasteiger partial charge in [0.2, 0.25) is 0 Å². The second-order valence-corrected chi connectivity index (χ2v) is 7.29. The molecule has 0 saturated carbocycles. The fraction of sp³-hybridized carbons (Fsp3) is 1.00. The van der Waals surface area contributed by atoms with Gasteiger partial charge in [-0.15, -0.1) is 0 Å². The lowest BCUT2D eigenvalue weighted by atomic mass is 10.4. The molecule has 0 heterocycles. The number of nitrogens with one attached hydrogen (secondary N) is 5. The molecule has 0 fully saturated rings. The van der Waals surface area contributed by atoms with Crippen LogP contribution in [0.5, 0.6) is 0 Å². The molecule has 7 N–H and O–H groups in total. The SMILES string of the molecule is CCCNCCN(CCNCC)CCNCCNCCN(C)CCNCCN. The lowest BCUT2D eigenvalue weighted by Crippen LogP contribution is -2.41. The van der Waals surface area contributed by atoms with Crippen LogP contribution in [-0.2, 0) is 0 Å². The van der Waals surface area contributed by atoms with E-state index >= 15 is 0 Å². The predicted molar refractivity (Wildman–Crippen MR) is 123 cm³/mol. The second kappa shape index (κ2) is 23.0. The molecule has 0 atom stereocenters. The molecule has 0 aliphatic carbocycles. The topological polar surface area (TPSA) is 92.6 Å². The van der Waals surface area contributed by atoms with Crippen LogP contribution in [0.25, 0.3) is 0 Å². The summed E-state index contributed by atoms with van der Waals surface area (Å²) in [6, 6.07) is 0. The van der Waals surface area contributed by atoms with Crippen LogP contribution in [0, 0.1) is 0 Å². The molecule has 8 nitrogen and oxygen atoms in total. The number of hydrogen-bond acceptors (Lipinski definition) is 8. The van der Waals surface area contributed by atoms with Crippen molar-refractivity contribution in [3.8, 4) is 0 Å². The lowest BCUT2D eigenvalue weighted by Gasteiger charge is -2.23. The highest BCUT2D eigenvalue weighted by Crippen LogP contribution is 1.86. The van der Waals surface area contributed by atoms with Crippen molar-refractivity contribution in [3.63, 3.8) is 0 Å². The van der Waals surface area contributed by atoms with Crippen molar-refractivity contribution >= 4 is 0 Å². The first-order chi connectivity index (χ1) is 13.7. The van der Waals surface area contributed by atoms with E-state index in [9.17, 15) is 0 Å². The quantitative estimate of drug-likeness (QED) is 0.116. The Hall–Kier alpha value is -0.320. The third kappa shape index (κ3) is 20.4. The molecule has 0 aromatic heterocycles. The van der Waals surface area contributed by atoms with Crippen LogP contribution >= 0.6 is 0 Å². The second-order valence-electron chi connectivity index (χ2n) is 7.29. The molecule has 0 aromatic rings. The van der Waals surface area contributed by atoms with E-state index < -0.39 is 0 Å². The Morgan fingerprint density at radius 3 is 1.54 bits per heavy atom. The van der Waals surface area contributed by atoms with Crippen LogP contribution in [0.3, 0.4) is 0 Å². The van der Waals surface area contributed by atoms with E-state index in [-0.39, 0.29) is 0 Å². The number of rotatable bonds is 23. The van der Waals surface area contributed by atoms with Crippen LogP contribution < -0.4 is 32.3 Å². The third-order valence-corrected chi connectivity index (χ3v) is 4.63. The Kier molecular flexibility index (Phi) is 22.7. The first-order valence-electron chi connectivity index (χ1n) is 11.4. The molecule has 0 amide bonds. The Balaban J connectivity index is 3.58. The molecule has 8 heteroatoms. The number of hydrogen-bond donors (Lipinski definition) is 6.